The predicted octanol–water partition coefficient (Wildman–Crippen LogP) is 2.08. The van der Waals surface area contributed by atoms with Gasteiger partial charge in [-0.15, -0.1) is 10.2 Å². The van der Waals surface area contributed by atoms with Gasteiger partial charge in [0.1, 0.15) is 11.4 Å². The fraction of sp³-hybridized carbons (Fsp3) is 0.0667. The highest BCUT2D eigenvalue weighted by molar-refractivity contribution is 6.01. The van der Waals surface area contributed by atoms with Gasteiger partial charge in [-0.1, -0.05) is 24.3 Å². The summed E-state index contributed by atoms with van der Waals surface area (Å²) in [5, 5.41) is 16.0. The zero-order chi connectivity index (χ0) is 14.8. The lowest BCUT2D eigenvalue weighted by Gasteiger charge is -2.19. The number of para-hydroxylation sites is 2. The predicted molar refractivity (Wildman–Crippen MR) is 82.9 cm³/mol. The van der Waals surface area contributed by atoms with Crippen molar-refractivity contribution >= 4 is 28.5 Å². The number of nitrogen functional groups attached to an aromatic ring is 1. The fourth-order valence-corrected chi connectivity index (χ4v) is 2.12. The second kappa shape index (κ2) is 5.16. The number of aromatic nitrogens is 3. The summed E-state index contributed by atoms with van der Waals surface area (Å²) in [5.41, 5.74) is 8.54. The van der Waals surface area contributed by atoms with Crippen molar-refractivity contribution in [3.8, 4) is 0 Å². The molecule has 0 amide bonds. The van der Waals surface area contributed by atoms with E-state index >= 15 is 0 Å². The molecule has 0 fully saturated rings. The monoisotopic (exact) mass is 278 g/mol. The molecule has 6 nitrogen and oxygen atoms in total. The lowest BCUT2D eigenvalue weighted by atomic mass is 10.1. The standard InChI is InChI=1S/C15H14N6/c1-21(13-9-5-2-6-10(13)14(16)17)15-18-11-7-3-4-8-12(11)19-20-15/h2-9H,1H3,(H3,16,17). The first-order chi connectivity index (χ1) is 10.2. The van der Waals surface area contributed by atoms with Crippen LogP contribution in [0.2, 0.25) is 0 Å². The molecule has 0 atom stereocenters. The van der Waals surface area contributed by atoms with Gasteiger partial charge in [0.05, 0.1) is 11.2 Å². The number of nitrogens with zero attached hydrogens (tertiary/aromatic N) is 4. The molecular weight excluding hydrogens is 264 g/mol. The van der Waals surface area contributed by atoms with Crippen LogP contribution in [0, 0.1) is 5.41 Å². The molecule has 104 valence electrons. The summed E-state index contributed by atoms with van der Waals surface area (Å²) in [6.07, 6.45) is 0. The molecule has 0 saturated heterocycles. The van der Waals surface area contributed by atoms with Gasteiger partial charge in [-0.2, -0.15) is 0 Å². The van der Waals surface area contributed by atoms with Gasteiger partial charge in [0.15, 0.2) is 0 Å². The Balaban J connectivity index is 2.08. The fourth-order valence-electron chi connectivity index (χ4n) is 2.12. The maximum atomic E-state index is 7.66. The molecule has 0 bridgehead atoms. The van der Waals surface area contributed by atoms with E-state index in [0.717, 1.165) is 16.7 Å². The highest BCUT2D eigenvalue weighted by Gasteiger charge is 2.13. The van der Waals surface area contributed by atoms with Gasteiger partial charge in [0, 0.05) is 12.6 Å². The molecule has 6 heteroatoms. The van der Waals surface area contributed by atoms with Gasteiger partial charge in [0.25, 0.3) is 0 Å². The summed E-state index contributed by atoms with van der Waals surface area (Å²) in [5.74, 6) is 0.466. The SMILES string of the molecule is CN(c1nnc2ccccc2n1)c1ccccc1C(=N)N. The normalized spacial score (nSPS) is 10.5. The Labute approximate surface area is 121 Å². The Hall–Kier alpha value is -3.02. The number of anilines is 2. The molecule has 2 aromatic carbocycles. The van der Waals surface area contributed by atoms with E-state index in [1.54, 1.807) is 11.0 Å². The number of hydrogen-bond acceptors (Lipinski definition) is 5. The molecule has 0 unspecified atom stereocenters. The Morgan fingerprint density at radius 2 is 1.67 bits per heavy atom. The maximum Gasteiger partial charge on any atom is 0.250 e. The minimum atomic E-state index is 0.00574. The van der Waals surface area contributed by atoms with E-state index < -0.39 is 0 Å². The van der Waals surface area contributed by atoms with E-state index in [1.165, 1.54) is 0 Å². The van der Waals surface area contributed by atoms with Crippen LogP contribution in [0.25, 0.3) is 11.0 Å². The molecule has 3 aromatic rings. The van der Waals surface area contributed by atoms with Crippen LogP contribution in [0.3, 0.4) is 0 Å². The largest absolute Gasteiger partial charge is 0.384 e. The van der Waals surface area contributed by atoms with Gasteiger partial charge >= 0.3 is 0 Å². The molecule has 21 heavy (non-hydrogen) atoms. The zero-order valence-corrected chi connectivity index (χ0v) is 11.5. The van der Waals surface area contributed by atoms with Crippen LogP contribution in [-0.4, -0.2) is 28.1 Å². The average Bonchev–Trinajstić information content (AvgIpc) is 2.53. The molecule has 0 saturated carbocycles. The molecule has 0 radical (unpaired) electrons. The summed E-state index contributed by atoms with van der Waals surface area (Å²) < 4.78 is 0. The van der Waals surface area contributed by atoms with E-state index in [-0.39, 0.29) is 5.84 Å². The van der Waals surface area contributed by atoms with Crippen molar-refractivity contribution in [2.75, 3.05) is 11.9 Å². The number of nitrogens with one attached hydrogen (secondary N) is 1. The Bertz CT molecular complexity index is 814. The zero-order valence-electron chi connectivity index (χ0n) is 11.5. The highest BCUT2D eigenvalue weighted by atomic mass is 15.3. The first-order valence-electron chi connectivity index (χ1n) is 6.43. The Morgan fingerprint density at radius 1 is 1.00 bits per heavy atom. The first-order valence-corrected chi connectivity index (χ1v) is 6.43. The molecular formula is C15H14N6. The van der Waals surface area contributed by atoms with Crippen molar-refractivity contribution in [1.29, 1.82) is 5.41 Å². The number of amidine groups is 1. The van der Waals surface area contributed by atoms with E-state index in [2.05, 4.69) is 15.2 Å². The van der Waals surface area contributed by atoms with Gasteiger partial charge in [-0.25, -0.2) is 4.98 Å². The third-order valence-electron chi connectivity index (χ3n) is 3.20. The van der Waals surface area contributed by atoms with Gasteiger partial charge < -0.3 is 10.6 Å². The van der Waals surface area contributed by atoms with Crippen molar-refractivity contribution < 1.29 is 0 Å². The van der Waals surface area contributed by atoms with E-state index in [0.29, 0.717) is 11.5 Å². The van der Waals surface area contributed by atoms with Gasteiger partial charge in [-0.05, 0) is 24.3 Å². The first kappa shape index (κ1) is 13.0. The Morgan fingerprint density at radius 3 is 2.43 bits per heavy atom. The summed E-state index contributed by atoms with van der Waals surface area (Å²) in [6.45, 7) is 0. The van der Waals surface area contributed by atoms with Crippen LogP contribution in [0.4, 0.5) is 11.6 Å². The number of nitrogens with two attached hydrogens (primary N) is 1. The van der Waals surface area contributed by atoms with E-state index in [1.807, 2.05) is 49.5 Å². The third kappa shape index (κ3) is 2.38. The second-order valence-corrected chi connectivity index (χ2v) is 4.59. The van der Waals surface area contributed by atoms with Crippen molar-refractivity contribution in [1.82, 2.24) is 15.2 Å². The molecule has 0 spiro atoms. The number of hydrogen-bond donors (Lipinski definition) is 2. The molecule has 1 heterocycles. The Kier molecular flexibility index (Phi) is 3.19. The van der Waals surface area contributed by atoms with Crippen LogP contribution in [0.1, 0.15) is 5.56 Å². The van der Waals surface area contributed by atoms with Gasteiger partial charge in [-0.3, -0.25) is 5.41 Å². The van der Waals surface area contributed by atoms with Crippen LogP contribution >= 0.6 is 0 Å². The van der Waals surface area contributed by atoms with Crippen LogP contribution in [0.15, 0.2) is 48.5 Å². The van der Waals surface area contributed by atoms with E-state index in [4.69, 9.17) is 11.1 Å². The number of fused-ring (bicyclic) bond motifs is 1. The molecule has 0 aliphatic heterocycles. The molecule has 0 aliphatic carbocycles. The van der Waals surface area contributed by atoms with Crippen molar-refractivity contribution in [3.05, 3.63) is 54.1 Å². The van der Waals surface area contributed by atoms with Crippen molar-refractivity contribution in [2.24, 2.45) is 5.73 Å². The van der Waals surface area contributed by atoms with Crippen molar-refractivity contribution in [2.45, 2.75) is 0 Å². The summed E-state index contributed by atoms with van der Waals surface area (Å²) >= 11 is 0. The summed E-state index contributed by atoms with van der Waals surface area (Å²) in [4.78, 5) is 6.27. The van der Waals surface area contributed by atoms with E-state index in [9.17, 15) is 0 Å². The maximum absolute atomic E-state index is 7.66. The van der Waals surface area contributed by atoms with Crippen LogP contribution in [-0.2, 0) is 0 Å². The number of rotatable bonds is 3. The second-order valence-electron chi connectivity index (χ2n) is 4.59. The van der Waals surface area contributed by atoms with Crippen LogP contribution in [0.5, 0.6) is 0 Å². The minimum Gasteiger partial charge on any atom is -0.384 e. The topological polar surface area (TPSA) is 91.8 Å². The number of benzene rings is 2. The summed E-state index contributed by atoms with van der Waals surface area (Å²) in [6, 6.07) is 14.9. The summed E-state index contributed by atoms with van der Waals surface area (Å²) in [7, 11) is 1.83. The smallest absolute Gasteiger partial charge is 0.250 e. The minimum absolute atomic E-state index is 0.00574. The molecule has 3 N–H and O–H groups in total. The lowest BCUT2D eigenvalue weighted by molar-refractivity contribution is 0.966. The highest BCUT2D eigenvalue weighted by Crippen LogP contribution is 2.24. The third-order valence-corrected chi connectivity index (χ3v) is 3.20. The molecule has 3 rings (SSSR count). The average molecular weight is 278 g/mol. The van der Waals surface area contributed by atoms with Crippen LogP contribution < -0.4 is 10.6 Å². The quantitative estimate of drug-likeness (QED) is 0.565. The molecule has 1 aromatic heterocycles. The lowest BCUT2D eigenvalue weighted by Crippen LogP contribution is -2.20. The molecule has 0 aliphatic rings. The van der Waals surface area contributed by atoms with Crippen molar-refractivity contribution in [3.63, 3.8) is 0 Å². The van der Waals surface area contributed by atoms with Gasteiger partial charge in [0.2, 0.25) is 5.95 Å².